The summed E-state index contributed by atoms with van der Waals surface area (Å²) in [7, 11) is 3.83. The van der Waals surface area contributed by atoms with E-state index in [9.17, 15) is 9.59 Å². The van der Waals surface area contributed by atoms with Crippen molar-refractivity contribution in [3.05, 3.63) is 71.9 Å². The Morgan fingerprint density at radius 2 is 1.75 bits per heavy atom. The van der Waals surface area contributed by atoms with E-state index in [-0.39, 0.29) is 24.8 Å². The van der Waals surface area contributed by atoms with Crippen LogP contribution in [0, 0.1) is 0 Å². The van der Waals surface area contributed by atoms with Crippen LogP contribution in [-0.2, 0) is 11.3 Å². The minimum Gasteiger partial charge on any atom is -0.362 e. The molecule has 0 bridgehead atoms. The number of rotatable bonds is 7. The molecule has 0 saturated heterocycles. The van der Waals surface area contributed by atoms with Crippen LogP contribution in [0.2, 0.25) is 0 Å². The van der Waals surface area contributed by atoms with Gasteiger partial charge in [0, 0.05) is 50.9 Å². The van der Waals surface area contributed by atoms with Crippen LogP contribution in [0.25, 0.3) is 10.8 Å². The quantitative estimate of drug-likeness (QED) is 0.665. The molecule has 1 heterocycles. The number of aromatic nitrogens is 1. The van der Waals surface area contributed by atoms with Gasteiger partial charge in [0.05, 0.1) is 0 Å². The number of benzene rings is 2. The third-order valence-electron chi connectivity index (χ3n) is 4.42. The maximum Gasteiger partial charge on any atom is 0.251 e. The van der Waals surface area contributed by atoms with Crippen molar-refractivity contribution >= 4 is 28.4 Å². The summed E-state index contributed by atoms with van der Waals surface area (Å²) in [4.78, 5) is 30.6. The summed E-state index contributed by atoms with van der Waals surface area (Å²) < 4.78 is 0. The van der Waals surface area contributed by atoms with Crippen molar-refractivity contribution in [2.75, 3.05) is 25.5 Å². The van der Waals surface area contributed by atoms with E-state index in [2.05, 4.69) is 15.6 Å². The van der Waals surface area contributed by atoms with Crippen molar-refractivity contribution in [3.63, 3.8) is 0 Å². The molecule has 1 aromatic heterocycles. The molecule has 0 fully saturated rings. The van der Waals surface area contributed by atoms with Gasteiger partial charge in [-0.2, -0.15) is 0 Å². The topological polar surface area (TPSA) is 74.3 Å². The van der Waals surface area contributed by atoms with Gasteiger partial charge in [0.2, 0.25) is 5.91 Å². The summed E-state index contributed by atoms with van der Waals surface area (Å²) in [6.07, 6.45) is 1.94. The molecule has 0 spiro atoms. The first-order valence-electron chi connectivity index (χ1n) is 9.19. The fourth-order valence-electron chi connectivity index (χ4n) is 2.98. The normalized spacial score (nSPS) is 10.5. The van der Waals surface area contributed by atoms with Crippen molar-refractivity contribution in [1.29, 1.82) is 0 Å². The van der Waals surface area contributed by atoms with Crippen molar-refractivity contribution in [2.24, 2.45) is 0 Å². The largest absolute Gasteiger partial charge is 0.362 e. The molecule has 3 aromatic rings. The molecule has 144 valence electrons. The molecule has 6 heteroatoms. The van der Waals surface area contributed by atoms with Gasteiger partial charge in [-0.25, -0.2) is 4.98 Å². The minimum atomic E-state index is -0.180. The predicted molar refractivity (Wildman–Crippen MR) is 111 cm³/mol. The lowest BCUT2D eigenvalue weighted by molar-refractivity contribution is -0.121. The highest BCUT2D eigenvalue weighted by molar-refractivity contribution is 5.98. The van der Waals surface area contributed by atoms with Crippen LogP contribution < -0.4 is 15.5 Å². The molecule has 0 aliphatic carbocycles. The summed E-state index contributed by atoms with van der Waals surface area (Å²) >= 11 is 0. The Bertz CT molecular complexity index is 985. The number of hydrogen-bond acceptors (Lipinski definition) is 4. The molecular formula is C22H24N4O2. The van der Waals surface area contributed by atoms with E-state index in [1.54, 1.807) is 12.3 Å². The van der Waals surface area contributed by atoms with E-state index >= 15 is 0 Å². The van der Waals surface area contributed by atoms with Gasteiger partial charge in [-0.05, 0) is 29.0 Å². The fourth-order valence-corrected chi connectivity index (χ4v) is 2.98. The number of hydrogen-bond donors (Lipinski definition) is 2. The number of carbonyl (C=O) groups is 2. The van der Waals surface area contributed by atoms with Crippen LogP contribution >= 0.6 is 0 Å². The van der Waals surface area contributed by atoms with E-state index in [0.29, 0.717) is 12.1 Å². The van der Waals surface area contributed by atoms with E-state index in [1.807, 2.05) is 67.5 Å². The highest BCUT2D eigenvalue weighted by Crippen LogP contribution is 2.16. The summed E-state index contributed by atoms with van der Waals surface area (Å²) in [5.74, 6) is 0.528. The monoisotopic (exact) mass is 376 g/mol. The van der Waals surface area contributed by atoms with Crippen molar-refractivity contribution < 1.29 is 9.59 Å². The maximum absolute atomic E-state index is 12.3. The number of pyridine rings is 1. The number of nitrogens with one attached hydrogen (secondary N) is 2. The second-order valence-corrected chi connectivity index (χ2v) is 6.73. The van der Waals surface area contributed by atoms with Crippen molar-refractivity contribution in [2.45, 2.75) is 13.0 Å². The first-order chi connectivity index (χ1) is 13.5. The average Bonchev–Trinajstić information content (AvgIpc) is 2.72. The molecule has 28 heavy (non-hydrogen) atoms. The van der Waals surface area contributed by atoms with Crippen LogP contribution in [0.4, 0.5) is 5.82 Å². The first-order valence-corrected chi connectivity index (χ1v) is 9.19. The first kappa shape index (κ1) is 19.4. The van der Waals surface area contributed by atoms with Gasteiger partial charge in [-0.3, -0.25) is 9.59 Å². The van der Waals surface area contributed by atoms with Crippen LogP contribution in [-0.4, -0.2) is 37.4 Å². The van der Waals surface area contributed by atoms with E-state index < -0.39 is 0 Å². The lowest BCUT2D eigenvalue weighted by Gasteiger charge is -2.16. The second kappa shape index (κ2) is 8.99. The molecule has 0 saturated carbocycles. The molecule has 0 atom stereocenters. The Morgan fingerprint density at radius 3 is 2.54 bits per heavy atom. The third-order valence-corrected chi connectivity index (χ3v) is 4.42. The molecule has 6 nitrogen and oxygen atoms in total. The summed E-state index contributed by atoms with van der Waals surface area (Å²) in [5, 5.41) is 7.78. The lowest BCUT2D eigenvalue weighted by Crippen LogP contribution is -2.30. The van der Waals surface area contributed by atoms with E-state index in [4.69, 9.17) is 0 Å². The van der Waals surface area contributed by atoms with Gasteiger partial charge in [-0.1, -0.05) is 36.4 Å². The van der Waals surface area contributed by atoms with Crippen LogP contribution in [0.3, 0.4) is 0 Å². The average molecular weight is 376 g/mol. The molecule has 0 radical (unpaired) electrons. The number of nitrogens with zero attached hydrogens (tertiary/aromatic N) is 2. The van der Waals surface area contributed by atoms with Gasteiger partial charge in [-0.15, -0.1) is 0 Å². The molecule has 0 aliphatic heterocycles. The Balaban J connectivity index is 1.47. The van der Waals surface area contributed by atoms with Gasteiger partial charge >= 0.3 is 0 Å². The van der Waals surface area contributed by atoms with Gasteiger partial charge in [0.25, 0.3) is 5.91 Å². The molecule has 2 aromatic carbocycles. The number of anilines is 1. The minimum absolute atomic E-state index is 0.118. The van der Waals surface area contributed by atoms with Crippen molar-refractivity contribution in [1.82, 2.24) is 15.6 Å². The van der Waals surface area contributed by atoms with E-state index in [1.165, 1.54) is 0 Å². The highest BCUT2D eigenvalue weighted by Gasteiger charge is 2.09. The smallest absolute Gasteiger partial charge is 0.251 e. The summed E-state index contributed by atoms with van der Waals surface area (Å²) in [5.41, 5.74) is 1.53. The molecule has 0 unspecified atom stereocenters. The zero-order valence-corrected chi connectivity index (χ0v) is 16.1. The van der Waals surface area contributed by atoms with Crippen LogP contribution in [0.15, 0.2) is 60.8 Å². The van der Waals surface area contributed by atoms with Crippen LogP contribution in [0.5, 0.6) is 0 Å². The van der Waals surface area contributed by atoms with Gasteiger partial charge in [0.15, 0.2) is 0 Å². The maximum atomic E-state index is 12.3. The summed E-state index contributed by atoms with van der Waals surface area (Å²) in [6, 6.07) is 17.2. The molecule has 0 aliphatic rings. The SMILES string of the molecule is CN(C)c1ncccc1CNC(=O)CCNC(=O)c1ccc2ccccc2c1. The molecule has 2 N–H and O–H groups in total. The Labute approximate surface area is 164 Å². The molecule has 2 amide bonds. The lowest BCUT2D eigenvalue weighted by atomic mass is 10.1. The van der Waals surface area contributed by atoms with Crippen molar-refractivity contribution in [3.8, 4) is 0 Å². The standard InChI is InChI=1S/C22H24N4O2/c1-26(2)21-19(8-5-12-23-21)15-25-20(27)11-13-24-22(28)18-10-9-16-6-3-4-7-17(16)14-18/h3-10,12,14H,11,13,15H2,1-2H3,(H,24,28)(H,25,27). The Morgan fingerprint density at radius 1 is 0.964 bits per heavy atom. The Kier molecular flexibility index (Phi) is 6.22. The van der Waals surface area contributed by atoms with Crippen LogP contribution in [0.1, 0.15) is 22.3 Å². The zero-order chi connectivity index (χ0) is 19.9. The summed E-state index contributed by atoms with van der Waals surface area (Å²) in [6.45, 7) is 0.684. The van der Waals surface area contributed by atoms with Gasteiger partial charge < -0.3 is 15.5 Å². The Hall–Kier alpha value is -3.41. The second-order valence-electron chi connectivity index (χ2n) is 6.73. The van der Waals surface area contributed by atoms with Gasteiger partial charge in [0.1, 0.15) is 5.82 Å². The molecular weight excluding hydrogens is 352 g/mol. The third kappa shape index (κ3) is 4.85. The fraction of sp³-hybridized carbons (Fsp3) is 0.227. The number of carbonyl (C=O) groups excluding carboxylic acids is 2. The number of fused-ring (bicyclic) bond motifs is 1. The number of amides is 2. The van der Waals surface area contributed by atoms with E-state index in [0.717, 1.165) is 22.2 Å². The predicted octanol–water partition coefficient (Wildman–Crippen LogP) is 2.74. The zero-order valence-electron chi connectivity index (χ0n) is 16.1. The highest BCUT2D eigenvalue weighted by atomic mass is 16.2. The molecule has 3 rings (SSSR count).